The maximum Gasteiger partial charge on any atom is 0.125 e. The molecule has 13 heavy (non-hydrogen) atoms. The van der Waals surface area contributed by atoms with Crippen LogP contribution < -0.4 is 10.5 Å². The number of halogens is 1. The van der Waals surface area contributed by atoms with Crippen molar-refractivity contribution in [2.45, 2.75) is 19.9 Å². The van der Waals surface area contributed by atoms with E-state index in [2.05, 4.69) is 0 Å². The summed E-state index contributed by atoms with van der Waals surface area (Å²) in [6.07, 6.45) is 0. The Morgan fingerprint density at radius 1 is 1.54 bits per heavy atom. The van der Waals surface area contributed by atoms with Crippen molar-refractivity contribution in [3.8, 4) is 5.75 Å². The quantitative estimate of drug-likeness (QED) is 0.813. The number of hydrogen-bond donors (Lipinski definition) is 1. The maximum atomic E-state index is 5.84. The summed E-state index contributed by atoms with van der Waals surface area (Å²) >= 11 is 5.84. The van der Waals surface area contributed by atoms with E-state index in [1.807, 2.05) is 26.0 Å². The van der Waals surface area contributed by atoms with Crippen LogP contribution >= 0.6 is 11.6 Å². The Morgan fingerprint density at radius 3 is 2.77 bits per heavy atom. The molecule has 0 bridgehead atoms. The SMILES string of the molecule is CCOc1cc(Cl)ccc1[C@@H](C)N. The lowest BCUT2D eigenvalue weighted by atomic mass is 10.1. The number of ether oxygens (including phenoxy) is 1. The van der Waals surface area contributed by atoms with Crippen LogP contribution in [0.15, 0.2) is 18.2 Å². The second kappa shape index (κ2) is 4.49. The van der Waals surface area contributed by atoms with Crippen LogP contribution in [-0.4, -0.2) is 6.61 Å². The van der Waals surface area contributed by atoms with Crippen LogP contribution in [0.2, 0.25) is 5.02 Å². The van der Waals surface area contributed by atoms with E-state index in [0.717, 1.165) is 11.3 Å². The molecule has 0 heterocycles. The lowest BCUT2D eigenvalue weighted by Gasteiger charge is -2.12. The molecule has 2 N–H and O–H groups in total. The molecule has 2 nitrogen and oxygen atoms in total. The molecule has 0 amide bonds. The first-order valence-electron chi connectivity index (χ1n) is 4.33. The standard InChI is InChI=1S/C10H14ClNO/c1-3-13-10-6-8(11)4-5-9(10)7(2)12/h4-7H,3,12H2,1-2H3/t7-/m1/s1. The summed E-state index contributed by atoms with van der Waals surface area (Å²) < 4.78 is 5.41. The fourth-order valence-electron chi connectivity index (χ4n) is 1.16. The fraction of sp³-hybridized carbons (Fsp3) is 0.400. The van der Waals surface area contributed by atoms with Crippen LogP contribution in [0.5, 0.6) is 5.75 Å². The average Bonchev–Trinajstić information content (AvgIpc) is 2.04. The van der Waals surface area contributed by atoms with Gasteiger partial charge in [0.05, 0.1) is 6.61 Å². The van der Waals surface area contributed by atoms with Crippen LogP contribution in [0.25, 0.3) is 0 Å². The Bertz CT molecular complexity index is 286. The minimum atomic E-state index is -0.0289. The highest BCUT2D eigenvalue weighted by molar-refractivity contribution is 6.30. The Labute approximate surface area is 83.6 Å². The Balaban J connectivity index is 3.03. The molecule has 0 aliphatic heterocycles. The maximum absolute atomic E-state index is 5.84. The molecule has 1 atom stereocenters. The molecule has 1 rings (SSSR count). The highest BCUT2D eigenvalue weighted by Gasteiger charge is 2.07. The van der Waals surface area contributed by atoms with E-state index < -0.39 is 0 Å². The zero-order chi connectivity index (χ0) is 9.84. The summed E-state index contributed by atoms with van der Waals surface area (Å²) in [5, 5.41) is 0.674. The summed E-state index contributed by atoms with van der Waals surface area (Å²) in [7, 11) is 0. The predicted octanol–water partition coefficient (Wildman–Crippen LogP) is 2.76. The minimum absolute atomic E-state index is 0.0289. The van der Waals surface area contributed by atoms with Crippen molar-refractivity contribution in [3.05, 3.63) is 28.8 Å². The molecule has 0 fully saturated rings. The molecule has 0 saturated carbocycles. The molecule has 0 saturated heterocycles. The van der Waals surface area contributed by atoms with Crippen molar-refractivity contribution in [1.29, 1.82) is 0 Å². The summed E-state index contributed by atoms with van der Waals surface area (Å²) in [4.78, 5) is 0. The lowest BCUT2D eigenvalue weighted by Crippen LogP contribution is -2.07. The number of nitrogens with two attached hydrogens (primary N) is 1. The van der Waals surface area contributed by atoms with Crippen molar-refractivity contribution in [1.82, 2.24) is 0 Å². The predicted molar refractivity (Wildman–Crippen MR) is 55.2 cm³/mol. The molecule has 1 aromatic carbocycles. The molecule has 1 aromatic rings. The van der Waals surface area contributed by atoms with Gasteiger partial charge in [-0.25, -0.2) is 0 Å². The van der Waals surface area contributed by atoms with Gasteiger partial charge in [-0.15, -0.1) is 0 Å². The molecule has 0 unspecified atom stereocenters. The third-order valence-corrected chi connectivity index (χ3v) is 2.00. The molecule has 0 aliphatic rings. The van der Waals surface area contributed by atoms with Crippen LogP contribution in [0.1, 0.15) is 25.5 Å². The van der Waals surface area contributed by atoms with Crippen molar-refractivity contribution < 1.29 is 4.74 Å². The normalized spacial score (nSPS) is 12.6. The highest BCUT2D eigenvalue weighted by atomic mass is 35.5. The highest BCUT2D eigenvalue weighted by Crippen LogP contribution is 2.27. The smallest absolute Gasteiger partial charge is 0.125 e. The van der Waals surface area contributed by atoms with Gasteiger partial charge in [0.25, 0.3) is 0 Å². The van der Waals surface area contributed by atoms with Gasteiger partial charge in [0.15, 0.2) is 0 Å². The van der Waals surface area contributed by atoms with Gasteiger partial charge in [0.1, 0.15) is 5.75 Å². The zero-order valence-electron chi connectivity index (χ0n) is 7.88. The Kier molecular flexibility index (Phi) is 3.58. The summed E-state index contributed by atoms with van der Waals surface area (Å²) in [6, 6.07) is 5.49. The van der Waals surface area contributed by atoms with Crippen molar-refractivity contribution >= 4 is 11.6 Å². The van der Waals surface area contributed by atoms with Crippen LogP contribution in [0.3, 0.4) is 0 Å². The first-order valence-corrected chi connectivity index (χ1v) is 4.70. The molecule has 0 spiro atoms. The molecule has 0 aliphatic carbocycles. The number of rotatable bonds is 3. The van der Waals surface area contributed by atoms with Crippen molar-refractivity contribution in [2.24, 2.45) is 5.73 Å². The van der Waals surface area contributed by atoms with Crippen molar-refractivity contribution in [3.63, 3.8) is 0 Å². The Morgan fingerprint density at radius 2 is 2.23 bits per heavy atom. The van der Waals surface area contributed by atoms with Gasteiger partial charge in [0, 0.05) is 16.6 Å². The van der Waals surface area contributed by atoms with Gasteiger partial charge in [-0.05, 0) is 26.0 Å². The van der Waals surface area contributed by atoms with Gasteiger partial charge in [-0.2, -0.15) is 0 Å². The van der Waals surface area contributed by atoms with E-state index in [1.165, 1.54) is 0 Å². The second-order valence-corrected chi connectivity index (χ2v) is 3.34. The molecule has 72 valence electrons. The lowest BCUT2D eigenvalue weighted by molar-refractivity contribution is 0.335. The summed E-state index contributed by atoms with van der Waals surface area (Å²) in [6.45, 7) is 4.48. The first-order chi connectivity index (χ1) is 6.15. The van der Waals surface area contributed by atoms with E-state index in [9.17, 15) is 0 Å². The van der Waals surface area contributed by atoms with E-state index in [-0.39, 0.29) is 6.04 Å². The largest absolute Gasteiger partial charge is 0.493 e. The monoisotopic (exact) mass is 199 g/mol. The van der Waals surface area contributed by atoms with Gasteiger partial charge in [0.2, 0.25) is 0 Å². The van der Waals surface area contributed by atoms with E-state index in [0.29, 0.717) is 11.6 Å². The molecular weight excluding hydrogens is 186 g/mol. The topological polar surface area (TPSA) is 35.2 Å². The van der Waals surface area contributed by atoms with Crippen LogP contribution in [0.4, 0.5) is 0 Å². The van der Waals surface area contributed by atoms with Gasteiger partial charge < -0.3 is 10.5 Å². The van der Waals surface area contributed by atoms with E-state index in [1.54, 1.807) is 6.07 Å². The third-order valence-electron chi connectivity index (χ3n) is 1.77. The third kappa shape index (κ3) is 2.61. The fourth-order valence-corrected chi connectivity index (χ4v) is 1.33. The molecular formula is C10H14ClNO. The summed E-state index contributed by atoms with van der Waals surface area (Å²) in [5.41, 5.74) is 6.76. The minimum Gasteiger partial charge on any atom is -0.493 e. The first kappa shape index (κ1) is 10.4. The average molecular weight is 200 g/mol. The van der Waals surface area contributed by atoms with E-state index >= 15 is 0 Å². The van der Waals surface area contributed by atoms with Gasteiger partial charge >= 0.3 is 0 Å². The Hall–Kier alpha value is -0.730. The van der Waals surface area contributed by atoms with Crippen molar-refractivity contribution in [2.75, 3.05) is 6.61 Å². The van der Waals surface area contributed by atoms with Crippen LogP contribution in [0, 0.1) is 0 Å². The van der Waals surface area contributed by atoms with Gasteiger partial charge in [-0.3, -0.25) is 0 Å². The van der Waals surface area contributed by atoms with Crippen LogP contribution in [-0.2, 0) is 0 Å². The second-order valence-electron chi connectivity index (χ2n) is 2.90. The molecule has 0 radical (unpaired) electrons. The number of hydrogen-bond acceptors (Lipinski definition) is 2. The van der Waals surface area contributed by atoms with Gasteiger partial charge in [-0.1, -0.05) is 17.7 Å². The number of benzene rings is 1. The molecule has 3 heteroatoms. The van der Waals surface area contributed by atoms with E-state index in [4.69, 9.17) is 22.1 Å². The zero-order valence-corrected chi connectivity index (χ0v) is 8.64. The summed E-state index contributed by atoms with van der Waals surface area (Å²) in [5.74, 6) is 0.782. The molecule has 0 aromatic heterocycles.